The molecule has 0 aromatic heterocycles. The molecule has 1 heterocycles. The number of carbonyl (C=O) groups is 1. The van der Waals surface area contributed by atoms with Gasteiger partial charge in [0.2, 0.25) is 0 Å². The summed E-state index contributed by atoms with van der Waals surface area (Å²) in [6.07, 6.45) is 3.37. The van der Waals surface area contributed by atoms with Crippen LogP contribution in [0.15, 0.2) is 4.99 Å². The van der Waals surface area contributed by atoms with E-state index in [2.05, 4.69) is 4.99 Å². The minimum Gasteiger partial charge on any atom is -0.462 e. The molecule has 1 aliphatic heterocycles. The monoisotopic (exact) mass is 167 g/mol. The maximum atomic E-state index is 11.3. The summed E-state index contributed by atoms with van der Waals surface area (Å²) >= 11 is 0. The normalized spacial score (nSPS) is 31.9. The molecule has 2 bridgehead atoms. The zero-order chi connectivity index (χ0) is 8.55. The van der Waals surface area contributed by atoms with Gasteiger partial charge in [0.25, 0.3) is 0 Å². The maximum absolute atomic E-state index is 11.3. The molecule has 0 saturated heterocycles. The van der Waals surface area contributed by atoms with E-state index >= 15 is 0 Å². The number of hydrogen-bond acceptors (Lipinski definition) is 3. The van der Waals surface area contributed by atoms with Gasteiger partial charge in [-0.2, -0.15) is 0 Å². The van der Waals surface area contributed by atoms with Crippen molar-refractivity contribution in [3.63, 3.8) is 0 Å². The van der Waals surface area contributed by atoms with Crippen molar-refractivity contribution in [3.8, 4) is 0 Å². The SMILES string of the molecule is CCOC(=O)C1=NC2CCC1C2. The Labute approximate surface area is 71.8 Å². The van der Waals surface area contributed by atoms with Crippen molar-refractivity contribution < 1.29 is 9.53 Å². The molecule has 1 saturated carbocycles. The quantitative estimate of drug-likeness (QED) is 0.579. The Morgan fingerprint density at radius 3 is 3.00 bits per heavy atom. The summed E-state index contributed by atoms with van der Waals surface area (Å²) in [6, 6.07) is 0.425. The number of carbonyl (C=O) groups excluding carboxylic acids is 1. The highest BCUT2D eigenvalue weighted by molar-refractivity contribution is 6.38. The Kier molecular flexibility index (Phi) is 1.87. The first-order valence-corrected chi connectivity index (χ1v) is 4.56. The molecular weight excluding hydrogens is 154 g/mol. The third-order valence-corrected chi connectivity index (χ3v) is 2.60. The molecule has 2 rings (SSSR count). The van der Waals surface area contributed by atoms with Gasteiger partial charge in [-0.3, -0.25) is 4.99 Å². The first-order chi connectivity index (χ1) is 5.81. The lowest BCUT2D eigenvalue weighted by Gasteiger charge is -2.09. The average molecular weight is 167 g/mol. The van der Waals surface area contributed by atoms with Gasteiger partial charge in [0.1, 0.15) is 5.71 Å². The largest absolute Gasteiger partial charge is 0.462 e. The first-order valence-electron chi connectivity index (χ1n) is 4.56. The molecule has 3 nitrogen and oxygen atoms in total. The smallest absolute Gasteiger partial charge is 0.352 e. The molecular formula is C9H13NO2. The lowest BCUT2D eigenvalue weighted by atomic mass is 10.0. The van der Waals surface area contributed by atoms with Crippen LogP contribution in [0.2, 0.25) is 0 Å². The number of aliphatic imine (C=N–C) groups is 1. The van der Waals surface area contributed by atoms with E-state index in [0.717, 1.165) is 19.3 Å². The fourth-order valence-corrected chi connectivity index (χ4v) is 2.05. The molecule has 12 heavy (non-hydrogen) atoms. The fourth-order valence-electron chi connectivity index (χ4n) is 2.05. The molecule has 2 unspecified atom stereocenters. The summed E-state index contributed by atoms with van der Waals surface area (Å²) in [6.45, 7) is 2.28. The third kappa shape index (κ3) is 1.13. The van der Waals surface area contributed by atoms with Gasteiger partial charge >= 0.3 is 5.97 Å². The highest BCUT2D eigenvalue weighted by atomic mass is 16.5. The second-order valence-corrected chi connectivity index (χ2v) is 3.40. The Balaban J connectivity index is 2.05. The van der Waals surface area contributed by atoms with Crippen LogP contribution in [0, 0.1) is 5.92 Å². The van der Waals surface area contributed by atoms with E-state index in [9.17, 15) is 4.79 Å². The third-order valence-electron chi connectivity index (χ3n) is 2.60. The van der Waals surface area contributed by atoms with E-state index in [1.807, 2.05) is 6.92 Å². The van der Waals surface area contributed by atoms with E-state index in [-0.39, 0.29) is 5.97 Å². The molecule has 1 aliphatic carbocycles. The highest BCUT2D eigenvalue weighted by Crippen LogP contribution is 2.35. The van der Waals surface area contributed by atoms with Crippen molar-refractivity contribution in [2.45, 2.75) is 32.2 Å². The molecule has 2 aliphatic rings. The Hall–Kier alpha value is -0.860. The molecule has 2 atom stereocenters. The van der Waals surface area contributed by atoms with Crippen LogP contribution in [0.1, 0.15) is 26.2 Å². The Bertz CT molecular complexity index is 235. The fraction of sp³-hybridized carbons (Fsp3) is 0.778. The summed E-state index contributed by atoms with van der Waals surface area (Å²) in [5.41, 5.74) is 0.702. The van der Waals surface area contributed by atoms with Gasteiger partial charge in [-0.25, -0.2) is 4.79 Å². The standard InChI is InChI=1S/C9H13NO2/c1-2-12-9(11)8-6-3-4-7(5-6)10-8/h6-7H,2-5H2,1H3. The van der Waals surface area contributed by atoms with Crippen molar-refractivity contribution in [3.05, 3.63) is 0 Å². The van der Waals surface area contributed by atoms with Gasteiger partial charge < -0.3 is 4.74 Å². The summed E-state index contributed by atoms with van der Waals surface area (Å²) in [7, 11) is 0. The average Bonchev–Trinajstić information content (AvgIpc) is 2.64. The van der Waals surface area contributed by atoms with Crippen LogP contribution >= 0.6 is 0 Å². The van der Waals surface area contributed by atoms with Crippen molar-refractivity contribution in [2.24, 2.45) is 10.9 Å². The predicted molar refractivity (Wildman–Crippen MR) is 45.2 cm³/mol. The zero-order valence-electron chi connectivity index (χ0n) is 7.25. The summed E-state index contributed by atoms with van der Waals surface area (Å²) in [5.74, 6) is 0.221. The van der Waals surface area contributed by atoms with Crippen LogP contribution in [0.5, 0.6) is 0 Å². The van der Waals surface area contributed by atoms with Crippen LogP contribution < -0.4 is 0 Å². The topological polar surface area (TPSA) is 38.7 Å². The Morgan fingerprint density at radius 2 is 2.50 bits per heavy atom. The van der Waals surface area contributed by atoms with Crippen LogP contribution in [0.3, 0.4) is 0 Å². The number of rotatable bonds is 2. The Morgan fingerprint density at radius 1 is 1.67 bits per heavy atom. The predicted octanol–water partition coefficient (Wildman–Crippen LogP) is 1.17. The van der Waals surface area contributed by atoms with Gasteiger partial charge in [0.15, 0.2) is 0 Å². The van der Waals surface area contributed by atoms with E-state index in [1.54, 1.807) is 0 Å². The van der Waals surface area contributed by atoms with Crippen LogP contribution in [0.25, 0.3) is 0 Å². The second-order valence-electron chi connectivity index (χ2n) is 3.40. The van der Waals surface area contributed by atoms with E-state index in [0.29, 0.717) is 24.3 Å². The number of esters is 1. The molecule has 0 aromatic carbocycles. The molecule has 0 aromatic rings. The van der Waals surface area contributed by atoms with Crippen LogP contribution in [-0.4, -0.2) is 24.3 Å². The number of hydrogen-bond donors (Lipinski definition) is 0. The van der Waals surface area contributed by atoms with Gasteiger partial charge in [-0.1, -0.05) is 0 Å². The number of nitrogens with zero attached hydrogens (tertiary/aromatic N) is 1. The van der Waals surface area contributed by atoms with Crippen molar-refractivity contribution >= 4 is 11.7 Å². The first kappa shape index (κ1) is 7.77. The van der Waals surface area contributed by atoms with Crippen molar-refractivity contribution in [1.29, 1.82) is 0 Å². The second kappa shape index (κ2) is 2.88. The van der Waals surface area contributed by atoms with Crippen LogP contribution in [0.4, 0.5) is 0 Å². The van der Waals surface area contributed by atoms with Gasteiger partial charge in [-0.05, 0) is 26.2 Å². The molecule has 0 spiro atoms. The van der Waals surface area contributed by atoms with E-state index < -0.39 is 0 Å². The van der Waals surface area contributed by atoms with Gasteiger partial charge in [0.05, 0.1) is 12.6 Å². The summed E-state index contributed by atoms with van der Waals surface area (Å²) in [4.78, 5) is 15.6. The number of fused-ring (bicyclic) bond motifs is 2. The molecule has 0 N–H and O–H groups in total. The minimum atomic E-state index is -0.190. The summed E-state index contributed by atoms with van der Waals surface area (Å²) < 4.78 is 4.91. The van der Waals surface area contributed by atoms with Gasteiger partial charge in [-0.15, -0.1) is 0 Å². The molecule has 3 heteroatoms. The molecule has 1 fully saturated rings. The highest BCUT2D eigenvalue weighted by Gasteiger charge is 2.38. The van der Waals surface area contributed by atoms with E-state index in [4.69, 9.17) is 4.74 Å². The van der Waals surface area contributed by atoms with Crippen molar-refractivity contribution in [2.75, 3.05) is 6.61 Å². The summed E-state index contributed by atoms with van der Waals surface area (Å²) in [5, 5.41) is 0. The lowest BCUT2D eigenvalue weighted by molar-refractivity contribution is -0.135. The number of ether oxygens (including phenoxy) is 1. The molecule has 66 valence electrons. The van der Waals surface area contributed by atoms with Crippen molar-refractivity contribution in [1.82, 2.24) is 0 Å². The van der Waals surface area contributed by atoms with E-state index in [1.165, 1.54) is 0 Å². The zero-order valence-corrected chi connectivity index (χ0v) is 7.25. The maximum Gasteiger partial charge on any atom is 0.352 e. The minimum absolute atomic E-state index is 0.190. The van der Waals surface area contributed by atoms with Gasteiger partial charge in [0, 0.05) is 5.92 Å². The van der Waals surface area contributed by atoms with Crippen LogP contribution in [-0.2, 0) is 9.53 Å². The molecule has 0 amide bonds. The molecule has 0 radical (unpaired) electrons. The lowest BCUT2D eigenvalue weighted by Crippen LogP contribution is -2.23.